The zero-order chi connectivity index (χ0) is 10.6. The lowest BCUT2D eigenvalue weighted by atomic mass is 10.3. The molecule has 0 aliphatic carbocycles. The van der Waals surface area contributed by atoms with Gasteiger partial charge in [0.05, 0.1) is 23.7 Å². The molecule has 1 aromatic carbocycles. The number of nitrogens with two attached hydrogens (primary N) is 1. The molecule has 0 aromatic heterocycles. The maximum absolute atomic E-state index is 5.89. The molecule has 1 rings (SSSR count). The minimum Gasteiger partial charge on any atom is -0.497 e. The normalized spacial score (nSPS) is 11.5. The highest BCUT2D eigenvalue weighted by atomic mass is 35.5. The molecule has 0 heterocycles. The Labute approximate surface area is 92.5 Å². The van der Waals surface area contributed by atoms with E-state index >= 15 is 0 Å². The van der Waals surface area contributed by atoms with Gasteiger partial charge in [-0.15, -0.1) is 11.6 Å². The Bertz CT molecular complexity index is 353. The maximum Gasteiger partial charge on any atom is 0.121 e. The molecule has 14 heavy (non-hydrogen) atoms. The molecule has 5 heteroatoms. The average Bonchev–Trinajstić information content (AvgIpc) is 2.21. The fourth-order valence-corrected chi connectivity index (χ4v) is 1.11. The summed E-state index contributed by atoms with van der Waals surface area (Å²) < 4.78 is 5.02. The first-order valence-electron chi connectivity index (χ1n) is 3.90. The third-order valence-electron chi connectivity index (χ3n) is 1.55. The van der Waals surface area contributed by atoms with Crippen molar-refractivity contribution in [3.63, 3.8) is 0 Å². The molecule has 0 radical (unpaired) electrons. The SMILES string of the molecule is COc1ccc(Cl)c(N=C(N)CCl)c1. The van der Waals surface area contributed by atoms with Crippen molar-refractivity contribution in [1.82, 2.24) is 0 Å². The molecule has 0 saturated carbocycles. The Hall–Kier alpha value is -0.930. The van der Waals surface area contributed by atoms with Crippen LogP contribution in [0.2, 0.25) is 5.02 Å². The van der Waals surface area contributed by atoms with Gasteiger partial charge in [0.1, 0.15) is 11.6 Å². The lowest BCUT2D eigenvalue weighted by Gasteiger charge is -2.03. The Morgan fingerprint density at radius 1 is 1.57 bits per heavy atom. The van der Waals surface area contributed by atoms with Crippen LogP contribution in [0.5, 0.6) is 5.75 Å². The fraction of sp³-hybridized carbons (Fsp3) is 0.222. The number of ether oxygens (including phenoxy) is 1. The van der Waals surface area contributed by atoms with Crippen molar-refractivity contribution in [3.8, 4) is 5.75 Å². The summed E-state index contributed by atoms with van der Waals surface area (Å²) in [6.45, 7) is 0. The molecule has 0 spiro atoms. The molecule has 0 amide bonds. The van der Waals surface area contributed by atoms with Crippen molar-refractivity contribution in [2.75, 3.05) is 13.0 Å². The van der Waals surface area contributed by atoms with Gasteiger partial charge in [-0.1, -0.05) is 11.6 Å². The van der Waals surface area contributed by atoms with Gasteiger partial charge >= 0.3 is 0 Å². The van der Waals surface area contributed by atoms with Crippen LogP contribution in [0.4, 0.5) is 5.69 Å². The van der Waals surface area contributed by atoms with Crippen LogP contribution in [0.1, 0.15) is 0 Å². The molecule has 76 valence electrons. The van der Waals surface area contributed by atoms with Gasteiger partial charge in [-0.3, -0.25) is 0 Å². The van der Waals surface area contributed by atoms with Crippen LogP contribution in [-0.2, 0) is 0 Å². The van der Waals surface area contributed by atoms with E-state index in [1.54, 1.807) is 25.3 Å². The number of alkyl halides is 1. The summed E-state index contributed by atoms with van der Waals surface area (Å²) in [6.07, 6.45) is 0. The second-order valence-electron chi connectivity index (χ2n) is 2.55. The van der Waals surface area contributed by atoms with E-state index in [9.17, 15) is 0 Å². The van der Waals surface area contributed by atoms with Crippen LogP contribution in [-0.4, -0.2) is 18.8 Å². The highest BCUT2D eigenvalue weighted by molar-refractivity contribution is 6.33. The quantitative estimate of drug-likeness (QED) is 0.495. The number of rotatable bonds is 3. The highest BCUT2D eigenvalue weighted by Crippen LogP contribution is 2.29. The Balaban J connectivity index is 3.06. The number of benzene rings is 1. The lowest BCUT2D eigenvalue weighted by Crippen LogP contribution is -2.12. The van der Waals surface area contributed by atoms with Crippen molar-refractivity contribution >= 4 is 34.7 Å². The Kier molecular flexibility index (Phi) is 4.04. The second kappa shape index (κ2) is 5.08. The summed E-state index contributed by atoms with van der Waals surface area (Å²) >= 11 is 11.4. The molecule has 0 atom stereocenters. The largest absolute Gasteiger partial charge is 0.497 e. The smallest absolute Gasteiger partial charge is 0.121 e. The number of aliphatic imine (C=N–C) groups is 1. The molecular weight excluding hydrogens is 223 g/mol. The third kappa shape index (κ3) is 2.79. The number of nitrogens with zero attached hydrogens (tertiary/aromatic N) is 1. The summed E-state index contributed by atoms with van der Waals surface area (Å²) in [5.41, 5.74) is 6.04. The van der Waals surface area contributed by atoms with E-state index in [-0.39, 0.29) is 5.88 Å². The maximum atomic E-state index is 5.89. The first-order valence-corrected chi connectivity index (χ1v) is 4.81. The molecule has 0 unspecified atom stereocenters. The van der Waals surface area contributed by atoms with E-state index in [2.05, 4.69) is 4.99 Å². The van der Waals surface area contributed by atoms with Crippen molar-refractivity contribution in [3.05, 3.63) is 23.2 Å². The van der Waals surface area contributed by atoms with Crippen molar-refractivity contribution in [1.29, 1.82) is 0 Å². The molecule has 3 nitrogen and oxygen atoms in total. The summed E-state index contributed by atoms with van der Waals surface area (Å²) in [5.74, 6) is 1.17. The van der Waals surface area contributed by atoms with Crippen LogP contribution in [0, 0.1) is 0 Å². The predicted octanol–water partition coefficient (Wildman–Crippen LogP) is 2.58. The highest BCUT2D eigenvalue weighted by Gasteiger charge is 2.01. The fourth-order valence-electron chi connectivity index (χ4n) is 0.890. The van der Waals surface area contributed by atoms with Crippen LogP contribution in [0.25, 0.3) is 0 Å². The molecule has 0 saturated heterocycles. The summed E-state index contributed by atoms with van der Waals surface area (Å²) in [7, 11) is 1.57. The standard InChI is InChI=1S/C9H10Cl2N2O/c1-14-6-2-3-7(11)8(4-6)13-9(12)5-10/h2-4H,5H2,1H3,(H2,12,13). The van der Waals surface area contributed by atoms with E-state index in [0.29, 0.717) is 22.3 Å². The molecule has 0 bridgehead atoms. The predicted molar refractivity (Wildman–Crippen MR) is 60.0 cm³/mol. The number of amidine groups is 1. The van der Waals surface area contributed by atoms with E-state index in [0.717, 1.165) is 0 Å². The van der Waals surface area contributed by atoms with E-state index in [1.165, 1.54) is 0 Å². The molecule has 1 aromatic rings. The van der Waals surface area contributed by atoms with Gasteiger partial charge in [0, 0.05) is 6.07 Å². The van der Waals surface area contributed by atoms with Crippen LogP contribution < -0.4 is 10.5 Å². The zero-order valence-electron chi connectivity index (χ0n) is 7.63. The first-order chi connectivity index (χ1) is 6.67. The minimum absolute atomic E-state index is 0.174. The minimum atomic E-state index is 0.174. The van der Waals surface area contributed by atoms with Gasteiger partial charge in [0.2, 0.25) is 0 Å². The number of methoxy groups -OCH3 is 1. The molecule has 2 N–H and O–H groups in total. The van der Waals surface area contributed by atoms with E-state index in [1.807, 2.05) is 0 Å². The van der Waals surface area contributed by atoms with Crippen LogP contribution >= 0.6 is 23.2 Å². The Morgan fingerprint density at radius 2 is 2.29 bits per heavy atom. The topological polar surface area (TPSA) is 47.6 Å². The lowest BCUT2D eigenvalue weighted by molar-refractivity contribution is 0.415. The van der Waals surface area contributed by atoms with Crippen molar-refractivity contribution in [2.24, 2.45) is 10.7 Å². The number of hydrogen-bond donors (Lipinski definition) is 1. The summed E-state index contributed by atoms with van der Waals surface area (Å²) in [6, 6.07) is 5.14. The van der Waals surface area contributed by atoms with Gasteiger partial charge in [0.15, 0.2) is 0 Å². The van der Waals surface area contributed by atoms with Gasteiger partial charge in [-0.05, 0) is 12.1 Å². The van der Waals surface area contributed by atoms with Gasteiger partial charge < -0.3 is 10.5 Å². The zero-order valence-corrected chi connectivity index (χ0v) is 9.14. The molecule has 0 aliphatic rings. The number of halogens is 2. The van der Waals surface area contributed by atoms with E-state index < -0.39 is 0 Å². The van der Waals surface area contributed by atoms with Gasteiger partial charge in [0.25, 0.3) is 0 Å². The molecule has 0 fully saturated rings. The molecular formula is C9H10Cl2N2O. The summed E-state index contributed by atoms with van der Waals surface area (Å²) in [5, 5.41) is 0.513. The van der Waals surface area contributed by atoms with Crippen molar-refractivity contribution in [2.45, 2.75) is 0 Å². The van der Waals surface area contributed by atoms with Gasteiger partial charge in [-0.25, -0.2) is 4.99 Å². The first kappa shape index (κ1) is 11.1. The number of hydrogen-bond acceptors (Lipinski definition) is 2. The molecule has 0 aliphatic heterocycles. The van der Waals surface area contributed by atoms with Crippen molar-refractivity contribution < 1.29 is 4.74 Å². The third-order valence-corrected chi connectivity index (χ3v) is 2.15. The average molecular weight is 233 g/mol. The van der Waals surface area contributed by atoms with Crippen LogP contribution in [0.3, 0.4) is 0 Å². The van der Waals surface area contributed by atoms with E-state index in [4.69, 9.17) is 33.7 Å². The monoisotopic (exact) mass is 232 g/mol. The Morgan fingerprint density at radius 3 is 2.86 bits per heavy atom. The van der Waals surface area contributed by atoms with Crippen LogP contribution in [0.15, 0.2) is 23.2 Å². The summed E-state index contributed by atoms with van der Waals surface area (Å²) in [4.78, 5) is 4.04. The second-order valence-corrected chi connectivity index (χ2v) is 3.23. The van der Waals surface area contributed by atoms with Gasteiger partial charge in [-0.2, -0.15) is 0 Å².